The largest absolute Gasteiger partial charge is 0.371 e. The highest BCUT2D eigenvalue weighted by Crippen LogP contribution is 2.52. The summed E-state index contributed by atoms with van der Waals surface area (Å²) >= 11 is 0. The maximum atomic E-state index is 10.7. The topological polar surface area (TPSA) is 54.1 Å². The molecular weight excluding hydrogens is 523 g/mol. The van der Waals surface area contributed by atoms with Crippen LogP contribution in [0.4, 0.5) is 22.7 Å². The van der Waals surface area contributed by atoms with Gasteiger partial charge in [-0.1, -0.05) is 89.1 Å². The number of benzene rings is 4. The van der Waals surface area contributed by atoms with E-state index in [1.54, 1.807) is 0 Å². The Balaban J connectivity index is 1.71. The average molecular weight is 563 g/mol. The van der Waals surface area contributed by atoms with Gasteiger partial charge in [0.25, 0.3) is 0 Å². The van der Waals surface area contributed by atoms with Crippen molar-refractivity contribution in [2.45, 2.75) is 71.6 Å². The molecule has 0 atom stereocenters. The lowest BCUT2D eigenvalue weighted by Gasteiger charge is -2.47. The first-order valence-electron chi connectivity index (χ1n) is 15.7. The minimum Gasteiger partial charge on any atom is -0.371 e. The number of aryl methyl sites for hydroxylation is 2. The summed E-state index contributed by atoms with van der Waals surface area (Å²) in [5.41, 5.74) is 12.3. The molecule has 0 saturated heterocycles. The summed E-state index contributed by atoms with van der Waals surface area (Å²) in [7, 11) is 2.09. The third kappa shape index (κ3) is 4.59. The monoisotopic (exact) mass is 562 g/mol. The zero-order valence-corrected chi connectivity index (χ0v) is 26.0. The number of hydrogen-bond donors (Lipinski definition) is 0. The van der Waals surface area contributed by atoms with Crippen LogP contribution in [0.25, 0.3) is 0 Å². The van der Waals surface area contributed by atoms with Gasteiger partial charge in [-0.3, -0.25) is 0 Å². The SMILES string of the molecule is CCCCc1cc(C#N)c2c(c1)N(C)c1cc(CCCC)cc(C#N)c1N2B1c2ccccc2C(C)(C)c2ccccc21. The van der Waals surface area contributed by atoms with Crippen LogP contribution in [-0.2, 0) is 18.3 Å². The fourth-order valence-electron chi connectivity index (χ4n) is 7.29. The van der Waals surface area contributed by atoms with Crippen LogP contribution in [-0.4, -0.2) is 13.9 Å². The Morgan fingerprint density at radius 3 is 1.56 bits per heavy atom. The van der Waals surface area contributed by atoms with E-state index in [9.17, 15) is 10.5 Å². The number of anilines is 4. The standard InChI is InChI=1S/C38H39BN4/c1-6-8-14-26-20-28(24-40)36-34(22-26)42(5)35-23-27(15-9-7-2)21-29(25-41)37(35)43(36)39-32-18-12-10-16-30(32)38(3,4)31-17-11-13-19-33(31)39/h10-13,16-23H,6-9,14-15H2,1-5H3. The molecule has 0 bridgehead atoms. The Morgan fingerprint density at radius 1 is 0.698 bits per heavy atom. The molecule has 2 aliphatic heterocycles. The Morgan fingerprint density at radius 2 is 1.14 bits per heavy atom. The highest BCUT2D eigenvalue weighted by molar-refractivity contribution is 6.90. The molecule has 0 radical (unpaired) electrons. The molecule has 214 valence electrons. The van der Waals surface area contributed by atoms with Crippen LogP contribution in [0, 0.1) is 22.7 Å². The molecule has 2 heterocycles. The number of fused-ring (bicyclic) bond motifs is 4. The van der Waals surface area contributed by atoms with Gasteiger partial charge in [0.2, 0.25) is 0 Å². The summed E-state index contributed by atoms with van der Waals surface area (Å²) in [4.78, 5) is 4.56. The van der Waals surface area contributed by atoms with Gasteiger partial charge in [0.1, 0.15) is 12.1 Å². The van der Waals surface area contributed by atoms with Crippen LogP contribution in [0.2, 0.25) is 0 Å². The lowest BCUT2D eigenvalue weighted by Crippen LogP contribution is -2.63. The Hall–Kier alpha value is -4.48. The summed E-state index contributed by atoms with van der Waals surface area (Å²) in [5, 5.41) is 21.3. The van der Waals surface area contributed by atoms with E-state index in [2.05, 4.69) is 129 Å². The summed E-state index contributed by atoms with van der Waals surface area (Å²) < 4.78 is 0. The smallest absolute Gasteiger partial charge is 0.328 e. The van der Waals surface area contributed by atoms with E-state index in [-0.39, 0.29) is 12.3 Å². The van der Waals surface area contributed by atoms with Crippen LogP contribution in [0.15, 0.2) is 72.8 Å². The molecule has 0 aliphatic carbocycles. The summed E-state index contributed by atoms with van der Waals surface area (Å²) in [6, 6.07) is 31.3. The van der Waals surface area contributed by atoms with Gasteiger partial charge in [0.05, 0.1) is 33.9 Å². The highest BCUT2D eigenvalue weighted by atomic mass is 15.2. The van der Waals surface area contributed by atoms with E-state index in [1.165, 1.54) is 33.2 Å². The molecule has 4 nitrogen and oxygen atoms in total. The van der Waals surface area contributed by atoms with Gasteiger partial charge in [0, 0.05) is 12.5 Å². The van der Waals surface area contributed by atoms with Crippen LogP contribution >= 0.6 is 0 Å². The molecule has 0 aromatic heterocycles. The maximum absolute atomic E-state index is 10.7. The number of hydrogen-bond acceptors (Lipinski definition) is 4. The Bertz CT molecular complexity index is 1660. The van der Waals surface area contributed by atoms with Gasteiger partial charge >= 0.3 is 6.85 Å². The van der Waals surface area contributed by atoms with Crippen molar-refractivity contribution >= 4 is 40.5 Å². The number of nitrogens with zero attached hydrogens (tertiary/aromatic N) is 4. The molecule has 0 amide bonds. The zero-order chi connectivity index (χ0) is 30.3. The molecule has 4 aromatic rings. The third-order valence-corrected chi connectivity index (χ3v) is 9.50. The van der Waals surface area contributed by atoms with Gasteiger partial charge in [-0.05, 0) is 83.1 Å². The van der Waals surface area contributed by atoms with Crippen molar-refractivity contribution in [3.05, 3.63) is 106 Å². The quantitative estimate of drug-likeness (QED) is 0.216. The second kappa shape index (κ2) is 11.3. The predicted molar refractivity (Wildman–Crippen MR) is 180 cm³/mol. The van der Waals surface area contributed by atoms with Crippen LogP contribution < -0.4 is 20.6 Å². The molecule has 43 heavy (non-hydrogen) atoms. The fraction of sp³-hybridized carbons (Fsp3) is 0.316. The van der Waals surface area contributed by atoms with Crippen molar-refractivity contribution in [3.63, 3.8) is 0 Å². The molecule has 0 saturated carbocycles. The van der Waals surface area contributed by atoms with Crippen molar-refractivity contribution in [1.29, 1.82) is 10.5 Å². The molecule has 0 N–H and O–H groups in total. The van der Waals surface area contributed by atoms with Crippen molar-refractivity contribution in [1.82, 2.24) is 0 Å². The van der Waals surface area contributed by atoms with Gasteiger partial charge in [0.15, 0.2) is 0 Å². The van der Waals surface area contributed by atoms with Gasteiger partial charge in [-0.2, -0.15) is 10.5 Å². The van der Waals surface area contributed by atoms with Crippen molar-refractivity contribution in [2.24, 2.45) is 0 Å². The maximum Gasteiger partial charge on any atom is 0.328 e. The Kier molecular flexibility index (Phi) is 7.53. The summed E-state index contributed by atoms with van der Waals surface area (Å²) in [6.07, 6.45) is 6.21. The third-order valence-electron chi connectivity index (χ3n) is 9.50. The highest BCUT2D eigenvalue weighted by Gasteiger charge is 2.46. The van der Waals surface area contributed by atoms with Gasteiger partial charge in [-0.25, -0.2) is 0 Å². The predicted octanol–water partition coefficient (Wildman–Crippen LogP) is 7.78. The normalized spacial score (nSPS) is 14.3. The van der Waals surface area contributed by atoms with E-state index < -0.39 is 0 Å². The zero-order valence-electron chi connectivity index (χ0n) is 26.0. The molecule has 0 fully saturated rings. The van der Waals surface area contributed by atoms with Crippen LogP contribution in [0.1, 0.15) is 86.8 Å². The number of nitriles is 2. The van der Waals surface area contributed by atoms with E-state index in [1.807, 2.05) is 0 Å². The van der Waals surface area contributed by atoms with Crippen molar-refractivity contribution < 1.29 is 0 Å². The van der Waals surface area contributed by atoms with Gasteiger partial charge in [-0.15, -0.1) is 0 Å². The molecule has 5 heteroatoms. The lowest BCUT2D eigenvalue weighted by atomic mass is 9.40. The van der Waals surface area contributed by atoms with Crippen LogP contribution in [0.5, 0.6) is 0 Å². The van der Waals surface area contributed by atoms with E-state index in [0.717, 1.165) is 61.3 Å². The molecule has 6 rings (SSSR count). The molecule has 2 aliphatic rings. The first-order chi connectivity index (χ1) is 20.8. The van der Waals surface area contributed by atoms with Crippen molar-refractivity contribution in [3.8, 4) is 12.1 Å². The number of unbranched alkanes of at least 4 members (excludes halogenated alkanes) is 2. The molecular formula is C38H39BN4. The van der Waals surface area contributed by atoms with Crippen LogP contribution in [0.3, 0.4) is 0 Å². The minimum atomic E-state index is -0.200. The van der Waals surface area contributed by atoms with Crippen molar-refractivity contribution in [2.75, 3.05) is 16.8 Å². The van der Waals surface area contributed by atoms with E-state index in [0.29, 0.717) is 11.1 Å². The Labute approximate surface area is 257 Å². The second-order valence-electron chi connectivity index (χ2n) is 12.6. The molecule has 0 unspecified atom stereocenters. The summed E-state index contributed by atoms with van der Waals surface area (Å²) in [6.45, 7) is 8.81. The first kappa shape index (κ1) is 28.6. The minimum absolute atomic E-state index is 0.188. The first-order valence-corrected chi connectivity index (χ1v) is 15.7. The molecule has 0 spiro atoms. The number of rotatable bonds is 7. The fourth-order valence-corrected chi connectivity index (χ4v) is 7.29. The second-order valence-corrected chi connectivity index (χ2v) is 12.6. The van der Waals surface area contributed by atoms with E-state index >= 15 is 0 Å². The van der Waals surface area contributed by atoms with E-state index in [4.69, 9.17) is 0 Å². The average Bonchev–Trinajstić information content (AvgIpc) is 3.03. The van der Waals surface area contributed by atoms with Gasteiger partial charge < -0.3 is 9.71 Å². The summed E-state index contributed by atoms with van der Waals surface area (Å²) in [5.74, 6) is 0. The molecule has 4 aromatic carbocycles. The lowest BCUT2D eigenvalue weighted by molar-refractivity contribution is 0.645.